The molecule has 70 heavy (non-hydrogen) atoms. The number of ether oxygens (including phenoxy) is 2. The summed E-state index contributed by atoms with van der Waals surface area (Å²) in [6.07, 6.45) is 25.6. The van der Waals surface area contributed by atoms with Crippen LogP contribution < -0.4 is 5.73 Å². The predicted molar refractivity (Wildman–Crippen MR) is 261 cm³/mol. The van der Waals surface area contributed by atoms with Crippen LogP contribution in [0.2, 0.25) is 0 Å². The van der Waals surface area contributed by atoms with Crippen molar-refractivity contribution in [2.45, 2.75) is 174 Å². The summed E-state index contributed by atoms with van der Waals surface area (Å²) >= 11 is 0. The van der Waals surface area contributed by atoms with Crippen molar-refractivity contribution < 1.29 is 87.1 Å². The van der Waals surface area contributed by atoms with Crippen molar-refractivity contribution in [2.75, 3.05) is 85.3 Å². The molecular formula is C47H89N4O18P. The van der Waals surface area contributed by atoms with Crippen molar-refractivity contribution in [2.24, 2.45) is 5.73 Å². The van der Waals surface area contributed by atoms with E-state index in [1.54, 1.807) is 0 Å². The van der Waals surface area contributed by atoms with E-state index in [1.807, 2.05) is 0 Å². The van der Waals surface area contributed by atoms with Crippen LogP contribution in [0.5, 0.6) is 0 Å². The fraction of sp³-hybridized carbons (Fsp3) is 0.851. The minimum Gasteiger partial charge on any atom is -0.480 e. The predicted octanol–water partition coefficient (Wildman–Crippen LogP) is 6.25. The highest BCUT2D eigenvalue weighted by Gasteiger charge is 2.26. The van der Waals surface area contributed by atoms with Gasteiger partial charge in [-0.15, -0.1) is 0 Å². The van der Waals surface area contributed by atoms with E-state index >= 15 is 0 Å². The zero-order valence-corrected chi connectivity index (χ0v) is 43.1. The Morgan fingerprint density at radius 3 is 1.11 bits per heavy atom. The van der Waals surface area contributed by atoms with Crippen molar-refractivity contribution in [3.63, 3.8) is 0 Å². The molecule has 0 radical (unpaired) electrons. The van der Waals surface area contributed by atoms with E-state index in [9.17, 15) is 43.0 Å². The summed E-state index contributed by atoms with van der Waals surface area (Å²) in [4.78, 5) is 92.1. The lowest BCUT2D eigenvalue weighted by atomic mass is 10.1. The minimum absolute atomic E-state index is 0.000836. The molecule has 0 saturated heterocycles. The minimum atomic E-state index is -4.35. The maximum absolute atomic E-state index is 12.4. The highest BCUT2D eigenvalue weighted by molar-refractivity contribution is 7.47. The van der Waals surface area contributed by atoms with E-state index in [2.05, 4.69) is 13.8 Å². The smallest absolute Gasteiger partial charge is 0.472 e. The highest BCUT2D eigenvalue weighted by Crippen LogP contribution is 2.43. The van der Waals surface area contributed by atoms with Crippen molar-refractivity contribution >= 4 is 49.6 Å². The van der Waals surface area contributed by atoms with Gasteiger partial charge in [-0.2, -0.15) is 0 Å². The van der Waals surface area contributed by atoms with Gasteiger partial charge in [0, 0.05) is 45.6 Å². The van der Waals surface area contributed by atoms with Crippen LogP contribution in [0.1, 0.15) is 168 Å². The second kappa shape index (κ2) is 46.3. The van der Waals surface area contributed by atoms with E-state index in [0.29, 0.717) is 6.42 Å². The molecule has 0 fully saturated rings. The Kier molecular flexibility index (Phi) is 45.2. The SMILES string of the molecule is CCCCCCCCCCCCCC(=O)OC[C@H](COP(=O)(O)OCCN)OC(=O)CCCCCCCCCCCCC.O=C(O)CN(CCN(CC(=O)O)CC(=O)O)CCN(CC(=O)O)CC(=O)O. The molecule has 0 aliphatic carbocycles. The third-order valence-electron chi connectivity index (χ3n) is 10.8. The standard InChI is InChI=1S/C33H66NO8P.C14H23N3O10/c1-3-5-7-9-11-13-15-17-19-21-23-25-32(35)39-29-31(30-41-43(37,38)40-28-27-34)42-33(36)26-24-22-20-18-16-14-12-10-8-6-4-2;18-10(19)5-15(1-3-16(6-11(20)21)7-12(22)23)2-4-17(8-13(24)25)9-14(26)27/h31H,3-30,34H2,1-2H3,(H,37,38);1-9H2,(H,18,19)(H,20,21)(H,22,23)(H,24,25)(H,26,27)/t31-;/m1./s1. The zero-order valence-electron chi connectivity index (χ0n) is 42.2. The third kappa shape index (κ3) is 49.2. The number of aliphatic carboxylic acids is 5. The normalized spacial score (nSPS) is 12.6. The molecule has 23 heteroatoms. The molecular weight excluding hydrogens is 940 g/mol. The molecule has 8 N–H and O–H groups in total. The van der Waals surface area contributed by atoms with Crippen LogP contribution in [-0.4, -0.2) is 178 Å². The number of nitrogens with zero attached hydrogens (tertiary/aromatic N) is 3. The molecule has 0 heterocycles. The monoisotopic (exact) mass is 1030 g/mol. The Balaban J connectivity index is 0. The topological polar surface area (TPSA) is 331 Å². The Hall–Kier alpha value is -3.76. The second-order valence-corrected chi connectivity index (χ2v) is 18.9. The maximum atomic E-state index is 12.4. The van der Waals surface area contributed by atoms with Gasteiger partial charge >= 0.3 is 49.6 Å². The first-order chi connectivity index (χ1) is 33.3. The number of nitrogens with two attached hydrogens (primary N) is 1. The van der Waals surface area contributed by atoms with Gasteiger partial charge in [-0.25, -0.2) is 4.57 Å². The summed E-state index contributed by atoms with van der Waals surface area (Å²) < 4.78 is 32.5. The van der Waals surface area contributed by atoms with Crippen LogP contribution in [0.25, 0.3) is 0 Å². The number of hydrogen-bond donors (Lipinski definition) is 7. The highest BCUT2D eigenvalue weighted by atomic mass is 31.2. The van der Waals surface area contributed by atoms with Gasteiger partial charge in [-0.1, -0.05) is 142 Å². The average molecular weight is 1030 g/mol. The van der Waals surface area contributed by atoms with Gasteiger partial charge < -0.3 is 45.6 Å². The number of unbranched alkanes of at least 4 members (excludes halogenated alkanes) is 20. The van der Waals surface area contributed by atoms with E-state index in [0.717, 1.165) is 41.9 Å². The first-order valence-electron chi connectivity index (χ1n) is 25.3. The number of phosphoric ester groups is 1. The molecule has 0 bridgehead atoms. The number of carbonyl (C=O) groups is 7. The molecule has 2 atom stereocenters. The van der Waals surface area contributed by atoms with Crippen LogP contribution in [0.15, 0.2) is 0 Å². The molecule has 22 nitrogen and oxygen atoms in total. The summed E-state index contributed by atoms with van der Waals surface area (Å²) in [5.41, 5.74) is 5.31. The Labute approximate surface area is 415 Å². The van der Waals surface area contributed by atoms with Crippen LogP contribution in [0, 0.1) is 0 Å². The number of esters is 2. The average Bonchev–Trinajstić information content (AvgIpc) is 3.27. The molecule has 1 unspecified atom stereocenters. The molecule has 0 amide bonds. The third-order valence-corrected chi connectivity index (χ3v) is 11.7. The van der Waals surface area contributed by atoms with Gasteiger partial charge in [-0.3, -0.25) is 57.3 Å². The molecule has 0 rings (SSSR count). The van der Waals surface area contributed by atoms with Gasteiger partial charge in [-0.05, 0) is 12.8 Å². The van der Waals surface area contributed by atoms with Crippen molar-refractivity contribution in [1.29, 1.82) is 0 Å². The number of carboxylic acids is 5. The first kappa shape index (κ1) is 68.3. The summed E-state index contributed by atoms with van der Waals surface area (Å²) in [6, 6.07) is 0. The molecule has 0 aromatic rings. The molecule has 0 aliphatic heterocycles. The number of carbonyl (C=O) groups excluding carboxylic acids is 2. The van der Waals surface area contributed by atoms with Crippen molar-refractivity contribution in [3.05, 3.63) is 0 Å². The Bertz CT molecular complexity index is 1390. The molecule has 0 saturated carbocycles. The van der Waals surface area contributed by atoms with Crippen molar-refractivity contribution in [1.82, 2.24) is 14.7 Å². The molecule has 410 valence electrons. The first-order valence-corrected chi connectivity index (χ1v) is 26.8. The molecule has 0 spiro atoms. The zero-order chi connectivity index (χ0) is 52.8. The molecule has 0 aliphatic rings. The van der Waals surface area contributed by atoms with Crippen LogP contribution in [0.3, 0.4) is 0 Å². The van der Waals surface area contributed by atoms with Crippen molar-refractivity contribution in [3.8, 4) is 0 Å². The maximum Gasteiger partial charge on any atom is 0.472 e. The largest absolute Gasteiger partial charge is 0.480 e. The van der Waals surface area contributed by atoms with Crippen LogP contribution in [-0.2, 0) is 56.6 Å². The van der Waals surface area contributed by atoms with E-state index in [-0.39, 0.29) is 64.7 Å². The summed E-state index contributed by atoms with van der Waals surface area (Å²) in [6.45, 7) is 0.973. The Morgan fingerprint density at radius 1 is 0.457 bits per heavy atom. The fourth-order valence-corrected chi connectivity index (χ4v) is 7.85. The second-order valence-electron chi connectivity index (χ2n) is 17.4. The molecule has 0 aromatic carbocycles. The lowest BCUT2D eigenvalue weighted by Gasteiger charge is -2.27. The van der Waals surface area contributed by atoms with E-state index in [1.165, 1.54) is 108 Å². The number of hydrogen-bond acceptors (Lipinski definition) is 16. The number of carboxylic acid groups (broad SMARTS) is 5. The number of rotatable bonds is 49. The summed E-state index contributed by atoms with van der Waals surface area (Å²) in [7, 11) is -4.35. The fourth-order valence-electron chi connectivity index (χ4n) is 7.09. The van der Waals surface area contributed by atoms with Crippen LogP contribution >= 0.6 is 7.82 Å². The Morgan fingerprint density at radius 2 is 0.771 bits per heavy atom. The lowest BCUT2D eigenvalue weighted by Crippen LogP contribution is -2.45. The lowest BCUT2D eigenvalue weighted by molar-refractivity contribution is -0.161. The van der Waals surface area contributed by atoms with Crippen LogP contribution in [0.4, 0.5) is 0 Å². The number of phosphoric acid groups is 1. The van der Waals surface area contributed by atoms with E-state index in [4.69, 9.17) is 49.8 Å². The van der Waals surface area contributed by atoms with Gasteiger partial charge in [0.25, 0.3) is 0 Å². The summed E-state index contributed by atoms with van der Waals surface area (Å²) in [5.74, 6) is -6.98. The van der Waals surface area contributed by atoms with Gasteiger partial charge in [0.05, 0.1) is 45.9 Å². The van der Waals surface area contributed by atoms with E-state index < -0.39 is 89.1 Å². The van der Waals surface area contributed by atoms with Gasteiger partial charge in [0.2, 0.25) is 0 Å². The van der Waals surface area contributed by atoms with Gasteiger partial charge in [0.15, 0.2) is 6.10 Å². The van der Waals surface area contributed by atoms with Gasteiger partial charge in [0.1, 0.15) is 6.61 Å². The summed E-state index contributed by atoms with van der Waals surface area (Å²) in [5, 5.41) is 44.1. The molecule has 0 aromatic heterocycles. The quantitative estimate of drug-likeness (QED) is 0.0201.